The predicted molar refractivity (Wildman–Crippen MR) is 145 cm³/mol. The van der Waals surface area contributed by atoms with E-state index < -0.39 is 28.7 Å². The Bertz CT molecular complexity index is 1160. The molecule has 0 aliphatic carbocycles. The van der Waals surface area contributed by atoms with Crippen LogP contribution in [-0.4, -0.2) is 62.7 Å². The molecule has 0 saturated heterocycles. The molecule has 0 aliphatic heterocycles. The smallest absolute Gasteiger partial charge is 0.304 e. The highest BCUT2D eigenvalue weighted by molar-refractivity contribution is 7.90. The maximum absolute atomic E-state index is 13.9. The van der Waals surface area contributed by atoms with Gasteiger partial charge in [0.05, 0.1) is 5.69 Å². The Kier molecular flexibility index (Phi) is 10.5. The zero-order valence-corrected chi connectivity index (χ0v) is 23.4. The van der Waals surface area contributed by atoms with E-state index in [1.54, 1.807) is 6.07 Å². The Morgan fingerprint density at radius 3 is 2.22 bits per heavy atom. The topological polar surface area (TPSA) is 90.0 Å². The van der Waals surface area contributed by atoms with Gasteiger partial charge in [0, 0.05) is 27.2 Å². The van der Waals surface area contributed by atoms with Crippen molar-refractivity contribution in [3.05, 3.63) is 64.7 Å². The Morgan fingerprint density at radius 1 is 0.972 bits per heavy atom. The number of amides is 2. The summed E-state index contributed by atoms with van der Waals surface area (Å²) in [7, 11) is -1.11. The molecule has 0 heterocycles. The molecule has 0 radical (unpaired) electrons. The van der Waals surface area contributed by atoms with Crippen LogP contribution >= 0.6 is 0 Å². The van der Waals surface area contributed by atoms with E-state index in [0.29, 0.717) is 18.7 Å². The molecule has 198 valence electrons. The van der Waals surface area contributed by atoms with Crippen LogP contribution in [0.1, 0.15) is 48.9 Å². The van der Waals surface area contributed by atoms with Crippen LogP contribution in [0.3, 0.4) is 0 Å². The van der Waals surface area contributed by atoms with Crippen molar-refractivity contribution in [2.75, 3.05) is 31.5 Å². The molecule has 9 heteroatoms. The first-order valence-corrected chi connectivity index (χ1v) is 13.7. The summed E-state index contributed by atoms with van der Waals surface area (Å²) in [6, 6.07) is 12.5. The van der Waals surface area contributed by atoms with Gasteiger partial charge in [-0.3, -0.25) is 9.59 Å². The number of rotatable bonds is 12. The SMILES string of the molecule is CCCNC(=O)C(CC)N(Cc1cccc(C)c1)C(=O)CN(c1cc(C)ccc1C)S(=O)(=O)N(C)C. The molecule has 2 amide bonds. The average molecular weight is 517 g/mol. The van der Waals surface area contributed by atoms with Crippen LogP contribution < -0.4 is 9.62 Å². The molecule has 0 saturated carbocycles. The van der Waals surface area contributed by atoms with Crippen molar-refractivity contribution in [2.24, 2.45) is 0 Å². The van der Waals surface area contributed by atoms with Gasteiger partial charge in [-0.1, -0.05) is 55.8 Å². The molecule has 1 N–H and O–H groups in total. The van der Waals surface area contributed by atoms with Gasteiger partial charge in [0.2, 0.25) is 11.8 Å². The number of nitrogens with zero attached hydrogens (tertiary/aromatic N) is 3. The quantitative estimate of drug-likeness (QED) is 0.467. The van der Waals surface area contributed by atoms with Gasteiger partial charge in [-0.05, 0) is 56.4 Å². The monoisotopic (exact) mass is 516 g/mol. The molecule has 0 bridgehead atoms. The Hall–Kier alpha value is -2.91. The number of hydrogen-bond acceptors (Lipinski definition) is 4. The van der Waals surface area contributed by atoms with Gasteiger partial charge in [-0.25, -0.2) is 4.31 Å². The predicted octanol–water partition coefficient (Wildman–Crippen LogP) is 3.56. The van der Waals surface area contributed by atoms with Gasteiger partial charge >= 0.3 is 10.2 Å². The number of hydrogen-bond donors (Lipinski definition) is 1. The number of carbonyl (C=O) groups excluding carboxylic acids is 2. The van der Waals surface area contributed by atoms with E-state index in [1.165, 1.54) is 19.0 Å². The lowest BCUT2D eigenvalue weighted by atomic mass is 10.1. The summed E-state index contributed by atoms with van der Waals surface area (Å²) >= 11 is 0. The molecule has 1 atom stereocenters. The Balaban J connectivity index is 2.54. The van der Waals surface area contributed by atoms with Gasteiger partial charge < -0.3 is 10.2 Å². The van der Waals surface area contributed by atoms with E-state index in [2.05, 4.69) is 5.32 Å². The van der Waals surface area contributed by atoms with Crippen molar-refractivity contribution in [1.29, 1.82) is 0 Å². The van der Waals surface area contributed by atoms with Gasteiger partial charge in [0.25, 0.3) is 0 Å². The third kappa shape index (κ3) is 7.30. The van der Waals surface area contributed by atoms with Crippen molar-refractivity contribution in [3.8, 4) is 0 Å². The van der Waals surface area contributed by atoms with Crippen LogP contribution in [0, 0.1) is 20.8 Å². The Labute approximate surface area is 216 Å². The lowest BCUT2D eigenvalue weighted by molar-refractivity contribution is -0.140. The number of carbonyl (C=O) groups is 2. The van der Waals surface area contributed by atoms with E-state index in [4.69, 9.17) is 0 Å². The first-order valence-electron chi connectivity index (χ1n) is 12.3. The van der Waals surface area contributed by atoms with Crippen LogP contribution in [0.15, 0.2) is 42.5 Å². The molecule has 2 aromatic rings. The normalized spacial score (nSPS) is 12.3. The fourth-order valence-corrected chi connectivity index (χ4v) is 5.10. The summed E-state index contributed by atoms with van der Waals surface area (Å²) in [4.78, 5) is 28.4. The highest BCUT2D eigenvalue weighted by Gasteiger charge is 2.34. The Morgan fingerprint density at radius 2 is 1.64 bits per heavy atom. The molecule has 2 aromatic carbocycles. The van der Waals surface area contributed by atoms with Crippen molar-refractivity contribution in [2.45, 2.75) is 60.0 Å². The molecule has 1 unspecified atom stereocenters. The van der Waals surface area contributed by atoms with Crippen LogP contribution in [-0.2, 0) is 26.3 Å². The van der Waals surface area contributed by atoms with E-state index in [0.717, 1.165) is 37.3 Å². The summed E-state index contributed by atoms with van der Waals surface area (Å²) in [5.41, 5.74) is 3.96. The number of anilines is 1. The zero-order chi connectivity index (χ0) is 27.0. The van der Waals surface area contributed by atoms with E-state index in [9.17, 15) is 18.0 Å². The highest BCUT2D eigenvalue weighted by atomic mass is 32.2. The second kappa shape index (κ2) is 12.9. The molecule has 36 heavy (non-hydrogen) atoms. The molecule has 8 nitrogen and oxygen atoms in total. The molecular weight excluding hydrogens is 476 g/mol. The fraction of sp³-hybridized carbons (Fsp3) is 0.481. The maximum atomic E-state index is 13.9. The van der Waals surface area contributed by atoms with Gasteiger partial charge in [0.15, 0.2) is 0 Å². The minimum atomic E-state index is -3.99. The van der Waals surface area contributed by atoms with Crippen molar-refractivity contribution in [1.82, 2.24) is 14.5 Å². The summed E-state index contributed by atoms with van der Waals surface area (Å²) in [5.74, 6) is -0.685. The lowest BCUT2D eigenvalue weighted by Crippen LogP contribution is -2.53. The van der Waals surface area contributed by atoms with Crippen LogP contribution in [0.25, 0.3) is 0 Å². The standard InChI is InChI=1S/C27H40N4O4S/c1-8-15-28-27(33)24(9-2)30(18-23-12-10-11-20(3)16-23)26(32)19-31(36(34,35)29(6)7)25-17-21(4)13-14-22(25)5/h10-14,16-17,24H,8-9,15,18-19H2,1-7H3,(H,28,33). The molecule has 0 fully saturated rings. The average Bonchev–Trinajstić information content (AvgIpc) is 2.82. The molecule has 0 spiro atoms. The number of benzene rings is 2. The summed E-state index contributed by atoms with van der Waals surface area (Å²) in [5, 5.41) is 2.89. The largest absolute Gasteiger partial charge is 0.354 e. The first-order chi connectivity index (χ1) is 16.9. The molecular formula is C27H40N4O4S. The third-order valence-electron chi connectivity index (χ3n) is 6.02. The van der Waals surface area contributed by atoms with Gasteiger partial charge in [0.1, 0.15) is 12.6 Å². The first kappa shape index (κ1) is 29.3. The van der Waals surface area contributed by atoms with Crippen LogP contribution in [0.4, 0.5) is 5.69 Å². The van der Waals surface area contributed by atoms with Crippen molar-refractivity contribution < 1.29 is 18.0 Å². The second-order valence-electron chi connectivity index (χ2n) is 9.31. The van der Waals surface area contributed by atoms with Gasteiger partial charge in [-0.2, -0.15) is 12.7 Å². The third-order valence-corrected chi connectivity index (χ3v) is 7.83. The van der Waals surface area contributed by atoms with E-state index >= 15 is 0 Å². The second-order valence-corrected chi connectivity index (χ2v) is 11.4. The lowest BCUT2D eigenvalue weighted by Gasteiger charge is -2.34. The molecule has 2 rings (SSSR count). The van der Waals surface area contributed by atoms with Crippen LogP contribution in [0.2, 0.25) is 0 Å². The number of nitrogens with one attached hydrogen (secondary N) is 1. The summed E-state index contributed by atoms with van der Waals surface area (Å²) in [6.45, 7) is 9.75. The molecule has 0 aromatic heterocycles. The highest BCUT2D eigenvalue weighted by Crippen LogP contribution is 2.26. The summed E-state index contributed by atoms with van der Waals surface area (Å²) < 4.78 is 29.0. The van der Waals surface area contributed by atoms with E-state index in [1.807, 2.05) is 71.0 Å². The zero-order valence-electron chi connectivity index (χ0n) is 22.5. The van der Waals surface area contributed by atoms with Crippen molar-refractivity contribution in [3.63, 3.8) is 0 Å². The number of aryl methyl sites for hydroxylation is 3. The summed E-state index contributed by atoms with van der Waals surface area (Å²) in [6.07, 6.45) is 1.17. The molecule has 0 aliphatic rings. The minimum Gasteiger partial charge on any atom is -0.354 e. The fourth-order valence-electron chi connectivity index (χ4n) is 3.98. The van der Waals surface area contributed by atoms with Crippen LogP contribution in [0.5, 0.6) is 0 Å². The van der Waals surface area contributed by atoms with Crippen molar-refractivity contribution >= 4 is 27.7 Å². The minimum absolute atomic E-state index is 0.196. The van der Waals surface area contributed by atoms with Gasteiger partial charge in [-0.15, -0.1) is 0 Å². The van der Waals surface area contributed by atoms with E-state index in [-0.39, 0.29) is 12.5 Å². The maximum Gasteiger partial charge on any atom is 0.304 e.